The number of anilines is 3. The van der Waals surface area contributed by atoms with E-state index in [4.69, 9.17) is 15.0 Å². The molecular formula is C47H35N4OPSi. The van der Waals surface area contributed by atoms with E-state index in [2.05, 4.69) is 96.9 Å². The predicted molar refractivity (Wildman–Crippen MR) is 226 cm³/mol. The summed E-state index contributed by atoms with van der Waals surface area (Å²) in [4.78, 5) is 17.3. The van der Waals surface area contributed by atoms with E-state index in [1.54, 1.807) is 0 Å². The number of nitrogens with zero attached hydrogens (tertiary/aromatic N) is 4. The number of rotatable bonds is 5. The van der Waals surface area contributed by atoms with E-state index in [0.29, 0.717) is 17.5 Å². The van der Waals surface area contributed by atoms with Crippen LogP contribution in [0.25, 0.3) is 45.3 Å². The Balaban J connectivity index is 1.26. The Hall–Kier alpha value is -6.20. The molecule has 0 amide bonds. The Morgan fingerprint density at radius 2 is 0.981 bits per heavy atom. The van der Waals surface area contributed by atoms with Crippen molar-refractivity contribution >= 4 is 58.6 Å². The van der Waals surface area contributed by atoms with Gasteiger partial charge in [0, 0.05) is 38.3 Å². The molecule has 0 spiro atoms. The fourth-order valence-corrected chi connectivity index (χ4v) is 14.3. The SMILES string of the molecule is C[Si]1(C)c2ccccc2-c2cc3c(cc21)N(c1ccccc1)c1ccc(-c2nc(-c4ccccc4)nc(-c4ccccc4)n2)cc1P3(=O)c1ccccc1. The van der Waals surface area contributed by atoms with Crippen molar-refractivity contribution in [1.82, 2.24) is 15.0 Å². The van der Waals surface area contributed by atoms with Gasteiger partial charge in [-0.05, 0) is 64.0 Å². The van der Waals surface area contributed by atoms with Gasteiger partial charge in [-0.3, -0.25) is 0 Å². The lowest BCUT2D eigenvalue weighted by molar-refractivity contribution is 0.592. The minimum Gasteiger partial charge on any atom is -0.309 e. The zero-order valence-electron chi connectivity index (χ0n) is 29.9. The fraction of sp³-hybridized carbons (Fsp3) is 0.0426. The summed E-state index contributed by atoms with van der Waals surface area (Å²) < 4.78 is 16.6. The number of fused-ring (bicyclic) bond motifs is 5. The third kappa shape index (κ3) is 4.98. The molecule has 3 heterocycles. The number of hydrogen-bond donors (Lipinski definition) is 0. The van der Waals surface area contributed by atoms with E-state index in [0.717, 1.165) is 49.7 Å². The van der Waals surface area contributed by atoms with E-state index in [1.165, 1.54) is 21.5 Å². The third-order valence-electron chi connectivity index (χ3n) is 10.9. The van der Waals surface area contributed by atoms with E-state index in [1.807, 2.05) is 97.1 Å². The Morgan fingerprint density at radius 3 is 1.61 bits per heavy atom. The van der Waals surface area contributed by atoms with Gasteiger partial charge in [-0.1, -0.05) is 147 Å². The second kappa shape index (κ2) is 12.4. The fourth-order valence-electron chi connectivity index (χ4n) is 8.23. The highest BCUT2D eigenvalue weighted by molar-refractivity contribution is 7.86. The molecule has 2 aliphatic heterocycles. The van der Waals surface area contributed by atoms with Gasteiger partial charge in [-0.15, -0.1) is 0 Å². The molecule has 10 rings (SSSR count). The zero-order chi connectivity index (χ0) is 36.4. The van der Waals surface area contributed by atoms with Gasteiger partial charge in [0.15, 0.2) is 24.6 Å². The molecule has 0 bridgehead atoms. The monoisotopic (exact) mass is 730 g/mol. The van der Waals surface area contributed by atoms with Crippen LogP contribution in [0, 0.1) is 0 Å². The van der Waals surface area contributed by atoms with Crippen molar-refractivity contribution in [2.24, 2.45) is 0 Å². The van der Waals surface area contributed by atoms with Crippen molar-refractivity contribution in [2.75, 3.05) is 4.90 Å². The summed E-state index contributed by atoms with van der Waals surface area (Å²) in [5, 5.41) is 5.18. The molecule has 54 heavy (non-hydrogen) atoms. The van der Waals surface area contributed by atoms with Crippen LogP contribution < -0.4 is 31.2 Å². The third-order valence-corrected chi connectivity index (χ3v) is 17.5. The summed E-state index contributed by atoms with van der Waals surface area (Å²) in [6.45, 7) is 4.86. The molecule has 7 aromatic carbocycles. The van der Waals surface area contributed by atoms with Crippen LogP contribution in [-0.2, 0) is 4.57 Å². The van der Waals surface area contributed by atoms with Crippen molar-refractivity contribution in [2.45, 2.75) is 13.1 Å². The molecule has 0 radical (unpaired) electrons. The Bertz CT molecular complexity index is 2720. The Morgan fingerprint density at radius 1 is 0.463 bits per heavy atom. The smallest absolute Gasteiger partial charge is 0.175 e. The molecule has 1 unspecified atom stereocenters. The molecule has 1 aromatic heterocycles. The molecule has 0 aliphatic carbocycles. The summed E-state index contributed by atoms with van der Waals surface area (Å²) in [5.41, 5.74) is 7.90. The van der Waals surface area contributed by atoms with Gasteiger partial charge in [0.1, 0.15) is 8.07 Å². The van der Waals surface area contributed by atoms with Crippen molar-refractivity contribution in [3.05, 3.63) is 176 Å². The van der Waals surface area contributed by atoms with E-state index < -0.39 is 15.2 Å². The van der Waals surface area contributed by atoms with Crippen LogP contribution in [0.2, 0.25) is 13.1 Å². The quantitative estimate of drug-likeness (QED) is 0.131. The molecule has 7 heteroatoms. The van der Waals surface area contributed by atoms with Crippen molar-refractivity contribution in [3.8, 4) is 45.3 Å². The molecule has 5 nitrogen and oxygen atoms in total. The van der Waals surface area contributed by atoms with E-state index >= 15 is 4.57 Å². The topological polar surface area (TPSA) is 59.0 Å². The predicted octanol–water partition coefficient (Wildman–Crippen LogP) is 9.10. The standard InChI is InChI=1S/C47H35N4OPSi/c1-54(2)43-26-16-15-25-37(43)38-30-42-40(31-44(38)54)51(35-21-11-5-12-22-35)39-28-27-34(29-41(39)53(42,52)36-23-13-6-14-24-36)47-49-45(32-17-7-3-8-18-32)48-46(50-47)33-19-9-4-10-20-33/h3-31H,1-2H3. The first-order valence-corrected chi connectivity index (χ1v) is 22.9. The molecule has 1 atom stereocenters. The van der Waals surface area contributed by atoms with Crippen LogP contribution in [0.3, 0.4) is 0 Å². The first kappa shape index (κ1) is 32.4. The molecule has 2 aliphatic rings. The highest BCUT2D eigenvalue weighted by Gasteiger charge is 2.45. The second-order valence-corrected chi connectivity index (χ2v) is 21.4. The van der Waals surface area contributed by atoms with Gasteiger partial charge in [-0.2, -0.15) is 0 Å². The molecule has 8 aromatic rings. The van der Waals surface area contributed by atoms with Crippen LogP contribution in [0.4, 0.5) is 17.1 Å². The molecule has 0 saturated carbocycles. The maximum Gasteiger partial charge on any atom is 0.175 e. The number of aromatic nitrogens is 3. The van der Waals surface area contributed by atoms with Crippen LogP contribution in [0.1, 0.15) is 0 Å². The highest BCUT2D eigenvalue weighted by atomic mass is 31.2. The molecule has 0 N–H and O–H groups in total. The van der Waals surface area contributed by atoms with Gasteiger partial charge in [0.2, 0.25) is 0 Å². The number of para-hydroxylation sites is 1. The van der Waals surface area contributed by atoms with E-state index in [9.17, 15) is 0 Å². The lowest BCUT2D eigenvalue weighted by Gasteiger charge is -2.39. The summed E-state index contributed by atoms with van der Waals surface area (Å²) in [5.74, 6) is 1.69. The number of hydrogen-bond acceptors (Lipinski definition) is 5. The van der Waals surface area contributed by atoms with Crippen molar-refractivity contribution in [1.29, 1.82) is 0 Å². The normalized spacial score (nSPS) is 16.2. The summed E-state index contributed by atoms with van der Waals surface area (Å²) in [6, 6.07) is 60.1. The van der Waals surface area contributed by atoms with E-state index in [-0.39, 0.29) is 0 Å². The summed E-state index contributed by atoms with van der Waals surface area (Å²) >= 11 is 0. The lowest BCUT2D eigenvalue weighted by Crippen LogP contribution is -2.50. The minimum atomic E-state index is -3.47. The first-order valence-electron chi connectivity index (χ1n) is 18.2. The highest BCUT2D eigenvalue weighted by Crippen LogP contribution is 2.55. The van der Waals surface area contributed by atoms with Crippen LogP contribution in [0.15, 0.2) is 176 Å². The largest absolute Gasteiger partial charge is 0.309 e. The van der Waals surface area contributed by atoms with Crippen LogP contribution in [-0.4, -0.2) is 23.0 Å². The Kier molecular flexibility index (Phi) is 7.48. The van der Waals surface area contributed by atoms with Crippen molar-refractivity contribution < 1.29 is 4.57 Å². The summed E-state index contributed by atoms with van der Waals surface area (Å²) in [7, 11) is -5.52. The van der Waals surface area contributed by atoms with Gasteiger partial charge in [0.05, 0.1) is 11.4 Å². The van der Waals surface area contributed by atoms with Crippen molar-refractivity contribution in [3.63, 3.8) is 0 Å². The average Bonchev–Trinajstić information content (AvgIpc) is 3.46. The molecule has 0 fully saturated rings. The van der Waals surface area contributed by atoms with Crippen LogP contribution in [0.5, 0.6) is 0 Å². The first-order chi connectivity index (χ1) is 26.4. The van der Waals surface area contributed by atoms with Gasteiger partial charge in [0.25, 0.3) is 0 Å². The van der Waals surface area contributed by atoms with Gasteiger partial charge in [-0.25, -0.2) is 15.0 Å². The minimum absolute atomic E-state index is 0.526. The molecule has 0 saturated heterocycles. The lowest BCUT2D eigenvalue weighted by atomic mass is 10.0. The molecular weight excluding hydrogens is 696 g/mol. The second-order valence-electron chi connectivity index (χ2n) is 14.4. The maximum atomic E-state index is 16.6. The number of benzene rings is 7. The maximum absolute atomic E-state index is 16.6. The molecule has 258 valence electrons. The van der Waals surface area contributed by atoms with Gasteiger partial charge >= 0.3 is 0 Å². The average molecular weight is 731 g/mol. The Labute approximate surface area is 316 Å². The van der Waals surface area contributed by atoms with Gasteiger partial charge < -0.3 is 9.46 Å². The van der Waals surface area contributed by atoms with Crippen LogP contribution >= 0.6 is 7.14 Å². The zero-order valence-corrected chi connectivity index (χ0v) is 31.8. The summed E-state index contributed by atoms with van der Waals surface area (Å²) in [6.07, 6.45) is 0.